The van der Waals surface area contributed by atoms with Gasteiger partial charge in [0.25, 0.3) is 0 Å². The fraction of sp³-hybridized carbons (Fsp3) is 0.938. The van der Waals surface area contributed by atoms with Crippen molar-refractivity contribution in [2.75, 3.05) is 19.6 Å². The summed E-state index contributed by atoms with van der Waals surface area (Å²) in [4.78, 5) is 17.2. The summed E-state index contributed by atoms with van der Waals surface area (Å²) in [5.41, 5.74) is 5.63. The highest BCUT2D eigenvalue weighted by atomic mass is 16.2. The number of hydrogen-bond acceptors (Lipinski definition) is 3. The number of nitrogens with two attached hydrogens (primary N) is 1. The van der Waals surface area contributed by atoms with Crippen LogP contribution in [-0.2, 0) is 4.79 Å². The maximum absolute atomic E-state index is 12.7. The van der Waals surface area contributed by atoms with Crippen LogP contribution in [0.15, 0.2) is 0 Å². The van der Waals surface area contributed by atoms with E-state index in [-0.39, 0.29) is 6.04 Å². The summed E-state index contributed by atoms with van der Waals surface area (Å²) in [6, 6.07) is 1.12. The monoisotopic (exact) mass is 281 g/mol. The van der Waals surface area contributed by atoms with E-state index in [4.69, 9.17) is 5.73 Å². The Kier molecular flexibility index (Phi) is 5.44. The Balaban J connectivity index is 1.88. The molecule has 0 bridgehead atoms. The first kappa shape index (κ1) is 15.8. The number of rotatable bonds is 4. The van der Waals surface area contributed by atoms with E-state index in [0.717, 1.165) is 44.8 Å². The van der Waals surface area contributed by atoms with E-state index in [0.29, 0.717) is 18.0 Å². The Labute approximate surface area is 123 Å². The molecule has 2 fully saturated rings. The zero-order valence-corrected chi connectivity index (χ0v) is 13.3. The SMILES string of the molecule is CC1CCC(C)N1C(C)C(=O)N1CCC(CCN)CC1. The summed E-state index contributed by atoms with van der Waals surface area (Å²) < 4.78 is 0. The largest absolute Gasteiger partial charge is 0.341 e. The quantitative estimate of drug-likeness (QED) is 0.855. The van der Waals surface area contributed by atoms with Crippen molar-refractivity contribution in [3.63, 3.8) is 0 Å². The normalized spacial score (nSPS) is 30.7. The second-order valence-electron chi connectivity index (χ2n) is 6.74. The van der Waals surface area contributed by atoms with Crippen molar-refractivity contribution in [2.45, 2.75) is 71.0 Å². The summed E-state index contributed by atoms with van der Waals surface area (Å²) in [5.74, 6) is 1.06. The lowest BCUT2D eigenvalue weighted by molar-refractivity contribution is -0.138. The minimum absolute atomic E-state index is 0.0357. The first-order valence-electron chi connectivity index (χ1n) is 8.30. The Bertz CT molecular complexity index is 316. The maximum atomic E-state index is 12.7. The zero-order chi connectivity index (χ0) is 14.7. The molecule has 0 aliphatic carbocycles. The molecule has 1 amide bonds. The molecular weight excluding hydrogens is 250 g/mol. The van der Waals surface area contributed by atoms with Crippen molar-refractivity contribution in [3.8, 4) is 0 Å². The Morgan fingerprint density at radius 1 is 1.15 bits per heavy atom. The molecule has 4 nitrogen and oxygen atoms in total. The van der Waals surface area contributed by atoms with Crippen LogP contribution in [0, 0.1) is 5.92 Å². The van der Waals surface area contributed by atoms with Crippen LogP contribution < -0.4 is 5.73 Å². The highest BCUT2D eigenvalue weighted by Crippen LogP contribution is 2.28. The highest BCUT2D eigenvalue weighted by molar-refractivity contribution is 5.81. The number of carbonyl (C=O) groups excluding carboxylic acids is 1. The van der Waals surface area contributed by atoms with Crippen LogP contribution in [0.1, 0.15) is 52.9 Å². The average molecular weight is 281 g/mol. The minimum atomic E-state index is 0.0357. The number of amides is 1. The van der Waals surface area contributed by atoms with Gasteiger partial charge in [0.05, 0.1) is 6.04 Å². The van der Waals surface area contributed by atoms with E-state index in [1.807, 2.05) is 0 Å². The van der Waals surface area contributed by atoms with Crippen LogP contribution in [0.2, 0.25) is 0 Å². The fourth-order valence-electron chi connectivity index (χ4n) is 4.05. The molecule has 2 aliphatic rings. The average Bonchev–Trinajstić information content (AvgIpc) is 2.78. The lowest BCUT2D eigenvalue weighted by atomic mass is 9.93. The summed E-state index contributed by atoms with van der Waals surface area (Å²) in [6.07, 6.45) is 5.80. The molecule has 3 atom stereocenters. The van der Waals surface area contributed by atoms with Crippen LogP contribution in [0.3, 0.4) is 0 Å². The predicted octanol–water partition coefficient (Wildman–Crippen LogP) is 1.84. The number of carbonyl (C=O) groups is 1. The topological polar surface area (TPSA) is 49.6 Å². The van der Waals surface area contributed by atoms with Gasteiger partial charge in [0.1, 0.15) is 0 Å². The molecule has 2 aliphatic heterocycles. The second-order valence-corrected chi connectivity index (χ2v) is 6.74. The van der Waals surface area contributed by atoms with Gasteiger partial charge in [-0.05, 0) is 65.3 Å². The smallest absolute Gasteiger partial charge is 0.239 e. The molecule has 2 N–H and O–H groups in total. The van der Waals surface area contributed by atoms with Crippen molar-refractivity contribution in [2.24, 2.45) is 11.7 Å². The van der Waals surface area contributed by atoms with Crippen LogP contribution in [0.4, 0.5) is 0 Å². The second kappa shape index (κ2) is 6.90. The molecule has 4 heteroatoms. The molecule has 0 aromatic carbocycles. The van der Waals surface area contributed by atoms with Crippen molar-refractivity contribution in [3.05, 3.63) is 0 Å². The van der Waals surface area contributed by atoms with Crippen molar-refractivity contribution in [1.82, 2.24) is 9.80 Å². The van der Waals surface area contributed by atoms with Crippen LogP contribution in [0.5, 0.6) is 0 Å². The van der Waals surface area contributed by atoms with Gasteiger partial charge in [0, 0.05) is 25.2 Å². The lowest BCUT2D eigenvalue weighted by Crippen LogP contribution is -2.52. The van der Waals surface area contributed by atoms with Gasteiger partial charge in [-0.15, -0.1) is 0 Å². The summed E-state index contributed by atoms with van der Waals surface area (Å²) in [5, 5.41) is 0. The lowest BCUT2D eigenvalue weighted by Gasteiger charge is -2.38. The third-order valence-electron chi connectivity index (χ3n) is 5.33. The van der Waals surface area contributed by atoms with E-state index in [2.05, 4.69) is 30.6 Å². The number of nitrogens with zero attached hydrogens (tertiary/aromatic N) is 2. The molecule has 0 saturated carbocycles. The van der Waals surface area contributed by atoms with Gasteiger partial charge in [-0.2, -0.15) is 0 Å². The van der Waals surface area contributed by atoms with Crippen LogP contribution in [-0.4, -0.2) is 53.5 Å². The van der Waals surface area contributed by atoms with Gasteiger partial charge in [0.15, 0.2) is 0 Å². The van der Waals surface area contributed by atoms with Gasteiger partial charge in [-0.1, -0.05) is 0 Å². The minimum Gasteiger partial charge on any atom is -0.341 e. The van der Waals surface area contributed by atoms with E-state index >= 15 is 0 Å². The molecule has 2 rings (SSSR count). The van der Waals surface area contributed by atoms with Crippen molar-refractivity contribution >= 4 is 5.91 Å². The molecule has 0 spiro atoms. The van der Waals surface area contributed by atoms with Crippen molar-refractivity contribution < 1.29 is 4.79 Å². The number of piperidine rings is 1. The predicted molar refractivity (Wildman–Crippen MR) is 82.4 cm³/mol. The van der Waals surface area contributed by atoms with E-state index in [1.54, 1.807) is 0 Å². The maximum Gasteiger partial charge on any atom is 0.239 e. The summed E-state index contributed by atoms with van der Waals surface area (Å²) >= 11 is 0. The molecule has 0 aromatic heterocycles. The number of likely N-dealkylation sites (tertiary alicyclic amines) is 2. The van der Waals surface area contributed by atoms with Gasteiger partial charge in [-0.3, -0.25) is 9.69 Å². The molecular formula is C16H31N3O. The first-order valence-corrected chi connectivity index (χ1v) is 8.30. The standard InChI is InChI=1S/C16H31N3O/c1-12-4-5-13(2)19(12)14(3)16(20)18-10-7-15(6-9-17)8-11-18/h12-15H,4-11,17H2,1-3H3. The van der Waals surface area contributed by atoms with E-state index in [9.17, 15) is 4.79 Å². The van der Waals surface area contributed by atoms with Crippen molar-refractivity contribution in [1.29, 1.82) is 0 Å². The van der Waals surface area contributed by atoms with Gasteiger partial charge in [-0.25, -0.2) is 0 Å². The first-order chi connectivity index (χ1) is 9.54. The Hall–Kier alpha value is -0.610. The summed E-state index contributed by atoms with van der Waals surface area (Å²) in [7, 11) is 0. The van der Waals surface area contributed by atoms with Crippen LogP contribution >= 0.6 is 0 Å². The molecule has 2 saturated heterocycles. The van der Waals surface area contributed by atoms with E-state index in [1.165, 1.54) is 12.8 Å². The van der Waals surface area contributed by atoms with Gasteiger partial charge < -0.3 is 10.6 Å². The van der Waals surface area contributed by atoms with Crippen LogP contribution in [0.25, 0.3) is 0 Å². The van der Waals surface area contributed by atoms with E-state index < -0.39 is 0 Å². The number of hydrogen-bond donors (Lipinski definition) is 1. The molecule has 2 heterocycles. The van der Waals surface area contributed by atoms with Gasteiger partial charge >= 0.3 is 0 Å². The third-order valence-corrected chi connectivity index (χ3v) is 5.33. The Morgan fingerprint density at radius 2 is 1.70 bits per heavy atom. The Morgan fingerprint density at radius 3 is 2.20 bits per heavy atom. The third kappa shape index (κ3) is 3.34. The molecule has 3 unspecified atom stereocenters. The van der Waals surface area contributed by atoms with Gasteiger partial charge in [0.2, 0.25) is 5.91 Å². The molecule has 0 radical (unpaired) electrons. The highest BCUT2D eigenvalue weighted by Gasteiger charge is 2.36. The molecule has 116 valence electrons. The zero-order valence-electron chi connectivity index (χ0n) is 13.3. The fourth-order valence-corrected chi connectivity index (χ4v) is 4.05. The molecule has 20 heavy (non-hydrogen) atoms. The molecule has 0 aromatic rings. The summed E-state index contributed by atoms with van der Waals surface area (Å²) in [6.45, 7) is 9.21.